The van der Waals surface area contributed by atoms with Crippen LogP contribution in [0.5, 0.6) is 0 Å². The molecule has 0 unspecified atom stereocenters. The Bertz CT molecular complexity index is 309. The fourth-order valence-corrected chi connectivity index (χ4v) is 1.88. The second kappa shape index (κ2) is 5.79. The van der Waals surface area contributed by atoms with Gasteiger partial charge in [0.1, 0.15) is 0 Å². The van der Waals surface area contributed by atoms with Crippen molar-refractivity contribution < 1.29 is 0 Å². The van der Waals surface area contributed by atoms with Gasteiger partial charge in [0.25, 0.3) is 0 Å². The van der Waals surface area contributed by atoms with E-state index in [1.54, 1.807) is 0 Å². The molecule has 0 saturated carbocycles. The molecule has 0 atom stereocenters. The van der Waals surface area contributed by atoms with Gasteiger partial charge >= 0.3 is 0 Å². The van der Waals surface area contributed by atoms with E-state index in [1.165, 1.54) is 33.5 Å². The molecule has 0 aromatic heterocycles. The third-order valence-corrected chi connectivity index (χ3v) is 3.25. The summed E-state index contributed by atoms with van der Waals surface area (Å²) in [5.41, 5.74) is 8.29. The zero-order valence-electron chi connectivity index (χ0n) is 9.50. The van der Waals surface area contributed by atoms with Crippen LogP contribution in [0.4, 0.5) is 5.69 Å². The lowest BCUT2D eigenvalue weighted by atomic mass is 9.93. The number of hydrogen-bond donors (Lipinski definition) is 1. The van der Waals surface area contributed by atoms with Crippen LogP contribution in [-0.4, -0.2) is 7.05 Å². The molecule has 0 aliphatic rings. The molecule has 0 aliphatic heterocycles. The van der Waals surface area contributed by atoms with Crippen molar-refractivity contribution in [3.05, 3.63) is 27.8 Å². The van der Waals surface area contributed by atoms with Crippen LogP contribution >= 0.6 is 0 Å². The summed E-state index contributed by atoms with van der Waals surface area (Å²) in [4.78, 5) is 0. The Labute approximate surface area is 95.9 Å². The van der Waals surface area contributed by atoms with Crippen LogP contribution in [0.1, 0.15) is 42.7 Å². The van der Waals surface area contributed by atoms with E-state index in [9.17, 15) is 0 Å². The maximum atomic E-state index is 3.27. The van der Waals surface area contributed by atoms with Gasteiger partial charge in [-0.2, -0.15) is 0 Å². The second-order valence-electron chi connectivity index (χ2n) is 3.75. The average Bonchev–Trinajstić information content (AvgIpc) is 2.13. The highest BCUT2D eigenvalue weighted by Crippen LogP contribution is 2.29. The van der Waals surface area contributed by atoms with E-state index in [0.717, 1.165) is 0 Å². The number of anilines is 1. The highest BCUT2D eigenvalue weighted by molar-refractivity contribution is 5.64. The van der Waals surface area contributed by atoms with Gasteiger partial charge in [-0.05, 0) is 62.4 Å². The van der Waals surface area contributed by atoms with E-state index in [4.69, 9.17) is 0 Å². The molecule has 1 heteroatoms. The molecule has 0 aliphatic carbocycles. The Morgan fingerprint density at radius 3 is 1.13 bits per heavy atom. The van der Waals surface area contributed by atoms with Crippen LogP contribution in [0.25, 0.3) is 0 Å². The second-order valence-corrected chi connectivity index (χ2v) is 3.75. The van der Waals surface area contributed by atoms with Gasteiger partial charge in [-0.25, -0.2) is 0 Å². The summed E-state index contributed by atoms with van der Waals surface area (Å²) in [5.74, 6) is 0. The number of nitrogens with one attached hydrogen (secondary N) is 1. The molecule has 0 amide bonds. The van der Waals surface area contributed by atoms with E-state index in [-0.39, 0.29) is 14.9 Å². The smallest absolute Gasteiger partial charge is 0.0402 e. The zero-order valence-corrected chi connectivity index (χ0v) is 9.50. The molecule has 1 aromatic rings. The topological polar surface area (TPSA) is 12.0 Å². The Morgan fingerprint density at radius 2 is 0.867 bits per heavy atom. The Balaban J connectivity index is 0. The highest BCUT2D eigenvalue weighted by atomic mass is 14.8. The van der Waals surface area contributed by atoms with E-state index in [0.29, 0.717) is 0 Å². The lowest BCUT2D eigenvalue weighted by Gasteiger charge is -2.17. The normalized spacial score (nSPS) is 8.93. The minimum Gasteiger partial charge on any atom is -0.388 e. The number of benzene rings is 1. The van der Waals surface area contributed by atoms with Crippen LogP contribution in [0.3, 0.4) is 0 Å². The minimum absolute atomic E-state index is 0. The van der Waals surface area contributed by atoms with Gasteiger partial charge in [-0.15, -0.1) is 0 Å². The largest absolute Gasteiger partial charge is 0.388 e. The first-order chi connectivity index (χ1) is 6.00. The summed E-state index contributed by atoms with van der Waals surface area (Å²) in [7, 11) is 1.99. The molecule has 0 radical (unpaired) electrons. The maximum absolute atomic E-state index is 3.27. The maximum Gasteiger partial charge on any atom is 0.0402 e. The number of hydrogen-bond acceptors (Lipinski definition) is 1. The van der Waals surface area contributed by atoms with Gasteiger partial charge in [0.05, 0.1) is 0 Å². The molecular weight excluding hydrogens is 182 g/mol. The molecule has 1 nitrogen and oxygen atoms in total. The van der Waals surface area contributed by atoms with Gasteiger partial charge in [-0.3, -0.25) is 0 Å². The predicted molar refractivity (Wildman–Crippen MR) is 73.1 cm³/mol. The first kappa shape index (κ1) is 16.4. The van der Waals surface area contributed by atoms with Gasteiger partial charge in [-0.1, -0.05) is 14.9 Å². The molecule has 1 aromatic carbocycles. The fraction of sp³-hybridized carbons (Fsp3) is 0.571. The molecule has 88 valence electrons. The van der Waals surface area contributed by atoms with Gasteiger partial charge in [0, 0.05) is 12.7 Å². The van der Waals surface area contributed by atoms with Crippen molar-refractivity contribution in [2.24, 2.45) is 0 Å². The quantitative estimate of drug-likeness (QED) is 0.716. The van der Waals surface area contributed by atoms with Crippen molar-refractivity contribution in [1.29, 1.82) is 0 Å². The van der Waals surface area contributed by atoms with Crippen molar-refractivity contribution in [2.45, 2.75) is 49.5 Å². The minimum atomic E-state index is 0. The average molecular weight is 209 g/mol. The van der Waals surface area contributed by atoms with Gasteiger partial charge in [0.15, 0.2) is 0 Å². The van der Waals surface area contributed by atoms with E-state index < -0.39 is 0 Å². The SMILES string of the molecule is C.C.CNc1c(C)c(C)c(C)c(C)c1C. The van der Waals surface area contributed by atoms with Crippen molar-refractivity contribution in [2.75, 3.05) is 12.4 Å². The lowest BCUT2D eigenvalue weighted by molar-refractivity contribution is 1.17. The van der Waals surface area contributed by atoms with Gasteiger partial charge in [0.2, 0.25) is 0 Å². The Kier molecular flexibility index (Phi) is 6.35. The fourth-order valence-electron chi connectivity index (χ4n) is 1.88. The van der Waals surface area contributed by atoms with Gasteiger partial charge < -0.3 is 5.32 Å². The molecule has 0 bridgehead atoms. The van der Waals surface area contributed by atoms with Crippen molar-refractivity contribution in [3.8, 4) is 0 Å². The summed E-state index contributed by atoms with van der Waals surface area (Å²) in [6.45, 7) is 10.9. The first-order valence-electron chi connectivity index (χ1n) is 4.75. The molecular formula is C14H27N. The van der Waals surface area contributed by atoms with Crippen LogP contribution in [0.15, 0.2) is 0 Å². The first-order valence-corrected chi connectivity index (χ1v) is 4.75. The van der Waals surface area contributed by atoms with Crippen molar-refractivity contribution in [1.82, 2.24) is 0 Å². The molecule has 0 heterocycles. The van der Waals surface area contributed by atoms with E-state index in [2.05, 4.69) is 39.9 Å². The predicted octanol–water partition coefficient (Wildman–Crippen LogP) is 4.54. The highest BCUT2D eigenvalue weighted by Gasteiger charge is 2.09. The summed E-state index contributed by atoms with van der Waals surface area (Å²) in [5, 5.41) is 3.27. The molecule has 1 N–H and O–H groups in total. The third-order valence-electron chi connectivity index (χ3n) is 3.25. The molecule has 1 rings (SSSR count). The summed E-state index contributed by atoms with van der Waals surface area (Å²) in [6, 6.07) is 0. The van der Waals surface area contributed by atoms with E-state index >= 15 is 0 Å². The van der Waals surface area contributed by atoms with E-state index in [1.807, 2.05) is 7.05 Å². The van der Waals surface area contributed by atoms with Crippen LogP contribution < -0.4 is 5.32 Å². The molecule has 0 fully saturated rings. The third kappa shape index (κ3) is 2.53. The molecule has 15 heavy (non-hydrogen) atoms. The zero-order chi connectivity index (χ0) is 10.2. The van der Waals surface area contributed by atoms with Crippen LogP contribution in [0.2, 0.25) is 0 Å². The Morgan fingerprint density at radius 1 is 0.600 bits per heavy atom. The summed E-state index contributed by atoms with van der Waals surface area (Å²) in [6.07, 6.45) is 0. The van der Waals surface area contributed by atoms with Crippen LogP contribution in [0, 0.1) is 34.6 Å². The molecule has 0 spiro atoms. The number of rotatable bonds is 1. The summed E-state index contributed by atoms with van der Waals surface area (Å²) >= 11 is 0. The van der Waals surface area contributed by atoms with Crippen molar-refractivity contribution in [3.63, 3.8) is 0 Å². The van der Waals surface area contributed by atoms with Crippen LogP contribution in [-0.2, 0) is 0 Å². The van der Waals surface area contributed by atoms with Crippen molar-refractivity contribution >= 4 is 5.69 Å². The standard InChI is InChI=1S/C12H19N.2CH4/c1-7-8(2)10(4)12(13-6)11(5)9(7)3;;/h13H,1-6H3;2*1H4. The lowest BCUT2D eigenvalue weighted by Crippen LogP contribution is -2.02. The monoisotopic (exact) mass is 209 g/mol. The Hall–Kier alpha value is -0.980. The summed E-state index contributed by atoms with van der Waals surface area (Å²) < 4.78 is 0. The molecule has 0 saturated heterocycles.